The molecule has 0 bridgehead atoms. The first-order valence-electron chi connectivity index (χ1n) is 7.63. The van der Waals surface area contributed by atoms with E-state index in [-0.39, 0.29) is 0 Å². The van der Waals surface area contributed by atoms with Crippen LogP contribution in [0.25, 0.3) is 0 Å². The molecule has 1 fully saturated rings. The molecule has 1 aromatic carbocycles. The topological polar surface area (TPSA) is 61.8 Å². The van der Waals surface area contributed by atoms with Gasteiger partial charge < -0.3 is 14.2 Å². The predicted molar refractivity (Wildman–Crippen MR) is 84.5 cm³/mol. The van der Waals surface area contributed by atoms with Crippen molar-refractivity contribution in [3.63, 3.8) is 0 Å². The first-order chi connectivity index (χ1) is 11.1. The maximum absolute atomic E-state index is 12.2. The van der Waals surface area contributed by atoms with E-state index in [0.29, 0.717) is 26.1 Å². The number of hydrogen-bond acceptors (Lipinski definition) is 5. The Hall–Kier alpha value is -2.14. The third kappa shape index (κ3) is 3.62. The molecule has 5 nitrogen and oxygen atoms in total. The van der Waals surface area contributed by atoms with Crippen LogP contribution in [0.3, 0.4) is 0 Å². The second kappa shape index (κ2) is 7.92. The predicted octanol–water partition coefficient (Wildman–Crippen LogP) is 2.65. The van der Waals surface area contributed by atoms with E-state index in [1.807, 2.05) is 36.4 Å². The van der Waals surface area contributed by atoms with Crippen molar-refractivity contribution >= 4 is 11.9 Å². The second-order valence-electron chi connectivity index (χ2n) is 5.47. The summed E-state index contributed by atoms with van der Waals surface area (Å²) in [5.74, 6) is -1.12. The lowest BCUT2D eigenvalue weighted by atomic mass is 9.82. The number of carbonyl (C=O) groups excluding carboxylic acids is 2. The van der Waals surface area contributed by atoms with Crippen LogP contribution in [0.4, 0.5) is 0 Å². The molecule has 0 aliphatic heterocycles. The van der Waals surface area contributed by atoms with Crippen molar-refractivity contribution in [2.75, 3.05) is 20.8 Å². The van der Waals surface area contributed by atoms with Gasteiger partial charge in [0.1, 0.15) is 0 Å². The number of ether oxygens (including phenoxy) is 3. The highest BCUT2D eigenvalue weighted by molar-refractivity contribution is 6.04. The number of rotatable bonds is 6. The van der Waals surface area contributed by atoms with Crippen LogP contribution >= 0.6 is 0 Å². The summed E-state index contributed by atoms with van der Waals surface area (Å²) in [7, 11) is 2.57. The first-order valence-corrected chi connectivity index (χ1v) is 7.63. The number of benzene rings is 1. The third-order valence-corrected chi connectivity index (χ3v) is 4.17. The monoisotopic (exact) mass is 318 g/mol. The highest BCUT2D eigenvalue weighted by Crippen LogP contribution is 2.45. The van der Waals surface area contributed by atoms with Gasteiger partial charge >= 0.3 is 11.9 Å². The van der Waals surface area contributed by atoms with Gasteiger partial charge in [0.25, 0.3) is 0 Å². The average molecular weight is 318 g/mol. The Labute approximate surface area is 136 Å². The van der Waals surface area contributed by atoms with E-state index < -0.39 is 17.4 Å². The van der Waals surface area contributed by atoms with Gasteiger partial charge in [-0.25, -0.2) is 0 Å². The number of carbonyl (C=O) groups is 2. The van der Waals surface area contributed by atoms with Crippen molar-refractivity contribution in [1.82, 2.24) is 0 Å². The van der Waals surface area contributed by atoms with Crippen LogP contribution in [0.2, 0.25) is 0 Å². The first kappa shape index (κ1) is 17.2. The van der Waals surface area contributed by atoms with Gasteiger partial charge in [-0.15, -0.1) is 0 Å². The van der Waals surface area contributed by atoms with Crippen molar-refractivity contribution in [1.29, 1.82) is 0 Å². The SMILES string of the molecule is COC(=O)C1(C(=O)OC)CCC/C1=C/COCc1ccccc1. The molecule has 124 valence electrons. The van der Waals surface area contributed by atoms with Gasteiger partial charge in [0, 0.05) is 0 Å². The fourth-order valence-corrected chi connectivity index (χ4v) is 3.00. The Morgan fingerprint density at radius 3 is 2.39 bits per heavy atom. The number of hydrogen-bond donors (Lipinski definition) is 0. The fourth-order valence-electron chi connectivity index (χ4n) is 3.00. The van der Waals surface area contributed by atoms with Gasteiger partial charge in [0.2, 0.25) is 0 Å². The molecule has 0 aromatic heterocycles. The Balaban J connectivity index is 2.06. The van der Waals surface area contributed by atoms with Gasteiger partial charge in [-0.3, -0.25) is 9.59 Å². The Kier molecular flexibility index (Phi) is 5.93. The van der Waals surface area contributed by atoms with E-state index >= 15 is 0 Å². The minimum absolute atomic E-state index is 0.333. The molecule has 0 radical (unpaired) electrons. The third-order valence-electron chi connectivity index (χ3n) is 4.17. The molecule has 1 aliphatic rings. The van der Waals surface area contributed by atoms with Crippen LogP contribution in [0.5, 0.6) is 0 Å². The van der Waals surface area contributed by atoms with Crippen LogP contribution in [-0.4, -0.2) is 32.8 Å². The molecule has 1 saturated carbocycles. The Morgan fingerprint density at radius 2 is 1.78 bits per heavy atom. The summed E-state index contributed by atoms with van der Waals surface area (Å²) in [6, 6.07) is 9.82. The van der Waals surface area contributed by atoms with Gasteiger partial charge in [-0.2, -0.15) is 0 Å². The van der Waals surface area contributed by atoms with Crippen LogP contribution < -0.4 is 0 Å². The van der Waals surface area contributed by atoms with Crippen molar-refractivity contribution < 1.29 is 23.8 Å². The van der Waals surface area contributed by atoms with E-state index in [0.717, 1.165) is 17.6 Å². The normalized spacial score (nSPS) is 17.9. The van der Waals surface area contributed by atoms with E-state index in [9.17, 15) is 9.59 Å². The summed E-state index contributed by atoms with van der Waals surface area (Å²) in [5, 5.41) is 0. The summed E-state index contributed by atoms with van der Waals surface area (Å²) in [5.41, 5.74) is 0.494. The largest absolute Gasteiger partial charge is 0.468 e. The van der Waals surface area contributed by atoms with Crippen LogP contribution in [-0.2, 0) is 30.4 Å². The molecule has 0 atom stereocenters. The number of methoxy groups -OCH3 is 2. The fraction of sp³-hybridized carbons (Fsp3) is 0.444. The molecule has 0 heterocycles. The summed E-state index contributed by atoms with van der Waals surface area (Å²) < 4.78 is 15.3. The van der Waals surface area contributed by atoms with Crippen molar-refractivity contribution in [3.05, 3.63) is 47.5 Å². The molecule has 5 heteroatoms. The molecule has 0 unspecified atom stereocenters. The maximum Gasteiger partial charge on any atom is 0.327 e. The molecule has 0 saturated heterocycles. The van der Waals surface area contributed by atoms with E-state index in [4.69, 9.17) is 14.2 Å². The molecule has 0 amide bonds. The Bertz CT molecular complexity index is 560. The molecule has 0 N–H and O–H groups in total. The molecular formula is C18H22O5. The summed E-state index contributed by atoms with van der Waals surface area (Å²) in [6.07, 6.45) is 3.63. The standard InChI is InChI=1S/C18H22O5/c1-21-16(19)18(17(20)22-2)11-6-9-15(18)10-12-23-13-14-7-4-3-5-8-14/h3-5,7-8,10H,6,9,11-13H2,1-2H3/b15-10-. The second-order valence-corrected chi connectivity index (χ2v) is 5.47. The highest BCUT2D eigenvalue weighted by atomic mass is 16.5. The van der Waals surface area contributed by atoms with E-state index in [2.05, 4.69) is 0 Å². The zero-order chi connectivity index (χ0) is 16.7. The maximum atomic E-state index is 12.2. The zero-order valence-electron chi connectivity index (χ0n) is 13.5. The van der Waals surface area contributed by atoms with Gasteiger partial charge in [0.15, 0.2) is 5.41 Å². The molecule has 2 rings (SSSR count). The van der Waals surface area contributed by atoms with Gasteiger partial charge in [-0.05, 0) is 30.4 Å². The molecular weight excluding hydrogens is 296 g/mol. The smallest absolute Gasteiger partial charge is 0.327 e. The van der Waals surface area contributed by atoms with Crippen LogP contribution in [0, 0.1) is 5.41 Å². The molecule has 1 aromatic rings. The number of esters is 2. The van der Waals surface area contributed by atoms with E-state index in [1.54, 1.807) is 0 Å². The minimum atomic E-state index is -1.31. The molecule has 23 heavy (non-hydrogen) atoms. The van der Waals surface area contributed by atoms with Crippen molar-refractivity contribution in [2.45, 2.75) is 25.9 Å². The lowest BCUT2D eigenvalue weighted by molar-refractivity contribution is -0.165. The summed E-state index contributed by atoms with van der Waals surface area (Å²) >= 11 is 0. The molecule has 0 spiro atoms. The van der Waals surface area contributed by atoms with Crippen molar-refractivity contribution in [3.8, 4) is 0 Å². The minimum Gasteiger partial charge on any atom is -0.468 e. The lowest BCUT2D eigenvalue weighted by Gasteiger charge is -2.24. The zero-order valence-corrected chi connectivity index (χ0v) is 13.5. The van der Waals surface area contributed by atoms with Gasteiger partial charge in [0.05, 0.1) is 27.4 Å². The summed E-state index contributed by atoms with van der Waals surface area (Å²) in [4.78, 5) is 24.4. The summed E-state index contributed by atoms with van der Waals surface area (Å²) in [6.45, 7) is 0.814. The lowest BCUT2D eigenvalue weighted by Crippen LogP contribution is -2.40. The highest BCUT2D eigenvalue weighted by Gasteiger charge is 2.53. The van der Waals surface area contributed by atoms with E-state index in [1.165, 1.54) is 14.2 Å². The molecule has 1 aliphatic carbocycles. The quantitative estimate of drug-likeness (QED) is 0.349. The van der Waals surface area contributed by atoms with Crippen LogP contribution in [0.1, 0.15) is 24.8 Å². The average Bonchev–Trinajstić information content (AvgIpc) is 3.03. The van der Waals surface area contributed by atoms with Gasteiger partial charge in [-0.1, -0.05) is 36.4 Å². The Morgan fingerprint density at radius 1 is 1.13 bits per heavy atom. The van der Waals surface area contributed by atoms with Crippen LogP contribution in [0.15, 0.2) is 42.0 Å². The van der Waals surface area contributed by atoms with Crippen molar-refractivity contribution in [2.24, 2.45) is 5.41 Å².